The summed E-state index contributed by atoms with van der Waals surface area (Å²) >= 11 is 0. The molecule has 516 valence electrons. The standard InChI is InChI=1S/C13H11N.2C13H10N.3C9H8.12C2H6.4Y/c1-14-12-8-4-2-6-10(12)11-7-3-5-9-13(11)14;1-9-5-4-8-12-13(9)10-6-2-3-7-11(10)14-12;1-9-6-7-13-11(8-9)10-4-2-3-5-12(10)14-13;3*1-2-5-9-7-3-6-8(9)4-1;12*1-2;;;;/h2-9H,1H3;2*2-8H,1H3;3*1-6H,7H2;12*1-2H3;;;;/q;2*-1;;;;;;;;;;;;;;;;;;;. The van der Waals surface area contributed by atoms with Crippen molar-refractivity contribution >= 4 is 83.6 Å². The Bertz CT molecular complexity index is 3640. The van der Waals surface area contributed by atoms with Gasteiger partial charge in [0.05, 0.1) is 0 Å². The number of allylic oxidation sites excluding steroid dienone is 3. The molecule has 9 aromatic carbocycles. The number of para-hydroxylation sites is 4. The van der Waals surface area contributed by atoms with Crippen molar-refractivity contribution in [3.63, 3.8) is 0 Å². The molecule has 15 rings (SSSR count). The molecule has 0 bridgehead atoms. The third kappa shape index (κ3) is 35.0. The Morgan fingerprint density at radius 2 is 0.557 bits per heavy atom. The van der Waals surface area contributed by atoms with Crippen molar-refractivity contribution in [1.29, 1.82) is 0 Å². The number of fused-ring (bicyclic) bond motifs is 12. The summed E-state index contributed by atoms with van der Waals surface area (Å²) in [5, 5.41) is 7.76. The monoisotopic (exact) mass is 1610 g/mol. The van der Waals surface area contributed by atoms with Gasteiger partial charge in [-0.1, -0.05) is 402 Å². The maximum Gasteiger partial charge on any atom is 0.0488 e. The zero-order valence-electron chi connectivity index (χ0n) is 65.9. The maximum absolute atomic E-state index is 4.58. The molecular formula is C90H127N3Y4-2. The third-order valence-corrected chi connectivity index (χ3v) is 13.1. The van der Waals surface area contributed by atoms with Crippen LogP contribution in [0.25, 0.3) is 83.6 Å². The van der Waals surface area contributed by atoms with Crippen molar-refractivity contribution in [1.82, 2.24) is 14.5 Å². The van der Waals surface area contributed by atoms with Crippen molar-refractivity contribution < 1.29 is 131 Å². The molecule has 12 aromatic rings. The van der Waals surface area contributed by atoms with Gasteiger partial charge in [-0.15, -0.1) is 22.1 Å². The molecule has 3 nitrogen and oxygen atoms in total. The van der Waals surface area contributed by atoms with Crippen LogP contribution in [0.3, 0.4) is 0 Å². The van der Waals surface area contributed by atoms with E-state index in [1.165, 1.54) is 87.9 Å². The van der Waals surface area contributed by atoms with E-state index < -0.39 is 0 Å². The summed E-state index contributed by atoms with van der Waals surface area (Å²) in [5.41, 5.74) is 18.1. The van der Waals surface area contributed by atoms with Crippen molar-refractivity contribution in [3.05, 3.63) is 269 Å². The number of hydrogen-bond acceptors (Lipinski definition) is 0. The van der Waals surface area contributed by atoms with Gasteiger partial charge in [-0.2, -0.15) is 0 Å². The van der Waals surface area contributed by atoms with Crippen LogP contribution in [0.4, 0.5) is 0 Å². The maximum atomic E-state index is 4.58. The van der Waals surface area contributed by atoms with Crippen LogP contribution in [0.15, 0.2) is 224 Å². The molecule has 3 aromatic heterocycles. The quantitative estimate of drug-likeness (QED) is 0.152. The topological polar surface area (TPSA) is 33.1 Å². The predicted octanol–water partition coefficient (Wildman–Crippen LogP) is 28.9. The van der Waals surface area contributed by atoms with Crippen molar-refractivity contribution in [2.24, 2.45) is 7.05 Å². The van der Waals surface area contributed by atoms with Crippen LogP contribution in [-0.4, -0.2) is 4.57 Å². The first kappa shape index (κ1) is 106. The van der Waals surface area contributed by atoms with Gasteiger partial charge in [-0.25, -0.2) is 0 Å². The van der Waals surface area contributed by atoms with Crippen LogP contribution in [0.1, 0.15) is 211 Å². The molecule has 3 aliphatic rings. The van der Waals surface area contributed by atoms with Gasteiger partial charge in [0.1, 0.15) is 0 Å². The summed E-state index contributed by atoms with van der Waals surface area (Å²) in [5.74, 6) is 0. The zero-order valence-corrected chi connectivity index (χ0v) is 77.2. The largest absolute Gasteiger partial charge is 0.657 e. The molecule has 0 amide bonds. The molecule has 3 heterocycles. The first-order valence-corrected chi connectivity index (χ1v) is 36.0. The molecule has 0 unspecified atom stereocenters. The van der Waals surface area contributed by atoms with E-state index in [2.05, 4.69) is 266 Å². The molecule has 0 aliphatic heterocycles. The number of benzene rings is 9. The van der Waals surface area contributed by atoms with Crippen LogP contribution in [-0.2, 0) is 157 Å². The fraction of sp³-hybridized carbons (Fsp3) is 0.333. The summed E-state index contributed by atoms with van der Waals surface area (Å²) in [4.78, 5) is 9.13. The number of aromatic nitrogens is 3. The van der Waals surface area contributed by atoms with Crippen LogP contribution in [0.2, 0.25) is 0 Å². The predicted molar refractivity (Wildman–Crippen MR) is 433 cm³/mol. The van der Waals surface area contributed by atoms with Gasteiger partial charge in [0.2, 0.25) is 0 Å². The van der Waals surface area contributed by atoms with E-state index in [4.69, 9.17) is 0 Å². The fourth-order valence-electron chi connectivity index (χ4n) is 9.60. The van der Waals surface area contributed by atoms with E-state index in [0.29, 0.717) is 0 Å². The Labute approximate surface area is 695 Å². The molecule has 0 atom stereocenters. The van der Waals surface area contributed by atoms with Gasteiger partial charge in [0.15, 0.2) is 0 Å². The van der Waals surface area contributed by atoms with Gasteiger partial charge in [0, 0.05) is 160 Å². The van der Waals surface area contributed by atoms with Gasteiger partial charge in [-0.05, 0) is 106 Å². The van der Waals surface area contributed by atoms with Crippen molar-refractivity contribution in [2.45, 2.75) is 199 Å². The molecule has 4 radical (unpaired) electrons. The van der Waals surface area contributed by atoms with Crippen molar-refractivity contribution in [3.8, 4) is 0 Å². The number of nitrogens with zero attached hydrogens (tertiary/aromatic N) is 3. The Balaban J connectivity index is -0.000000188. The van der Waals surface area contributed by atoms with Gasteiger partial charge in [0.25, 0.3) is 0 Å². The molecule has 0 N–H and O–H groups in total. The summed E-state index contributed by atoms with van der Waals surface area (Å²) in [6, 6.07) is 71.8. The average Bonchev–Trinajstić information content (AvgIpc) is 1.65. The van der Waals surface area contributed by atoms with Crippen LogP contribution >= 0.6 is 0 Å². The SMILES string of the molecule is C1=Cc2ccccc2C1.C1=Cc2ccccc2C1.C1=Cc2ccccc2C1.CC.CC.CC.CC.CC.CC.CC.CC.CC.CC.CC.CC.Cc1ccc2[n-]c3ccccc3c2c1.Cc1cccc2[n-]c3ccccc3c12.Cn1c2ccccc2c2ccccc21.[Y].[Y].[Y].[Y]. The molecule has 3 aliphatic carbocycles. The summed E-state index contributed by atoms with van der Waals surface area (Å²) in [6.07, 6.45) is 16.5. The molecule has 0 spiro atoms. The van der Waals surface area contributed by atoms with Gasteiger partial charge >= 0.3 is 0 Å². The Morgan fingerprint density at radius 1 is 0.268 bits per heavy atom. The summed E-state index contributed by atoms with van der Waals surface area (Å²) < 4.78 is 2.24. The summed E-state index contributed by atoms with van der Waals surface area (Å²) in [7, 11) is 2.12. The minimum absolute atomic E-state index is 0. The van der Waals surface area contributed by atoms with Gasteiger partial charge < -0.3 is 14.5 Å². The first-order valence-electron chi connectivity index (χ1n) is 36.0. The molecule has 7 heteroatoms. The minimum atomic E-state index is 0. The first-order chi connectivity index (χ1) is 46.0. The third-order valence-electron chi connectivity index (χ3n) is 13.1. The van der Waals surface area contributed by atoms with E-state index in [-0.39, 0.29) is 131 Å². The van der Waals surface area contributed by atoms with Gasteiger partial charge in [-0.3, -0.25) is 0 Å². The average molecular weight is 1610 g/mol. The van der Waals surface area contributed by atoms with E-state index in [1.54, 1.807) is 0 Å². The van der Waals surface area contributed by atoms with Crippen LogP contribution < -0.4 is 9.97 Å². The second kappa shape index (κ2) is 70.5. The minimum Gasteiger partial charge on any atom is -0.657 e. The second-order valence-corrected chi connectivity index (χ2v) is 17.8. The molecule has 0 saturated heterocycles. The summed E-state index contributed by atoms with van der Waals surface area (Å²) in [6.45, 7) is 52.2. The smallest absolute Gasteiger partial charge is 0.0488 e. The molecule has 0 saturated carbocycles. The number of aryl methyl sites for hydroxylation is 3. The molecule has 0 fully saturated rings. The molecular weight excluding hydrogens is 1480 g/mol. The van der Waals surface area contributed by atoms with Crippen molar-refractivity contribution in [2.75, 3.05) is 0 Å². The number of hydrogen-bond donors (Lipinski definition) is 0. The molecule has 97 heavy (non-hydrogen) atoms. The van der Waals surface area contributed by atoms with E-state index in [9.17, 15) is 0 Å². The van der Waals surface area contributed by atoms with Crippen LogP contribution in [0, 0.1) is 13.8 Å². The second-order valence-electron chi connectivity index (χ2n) is 17.8. The zero-order chi connectivity index (χ0) is 70.9. The van der Waals surface area contributed by atoms with Crippen LogP contribution in [0.5, 0.6) is 0 Å². The number of rotatable bonds is 0. The van der Waals surface area contributed by atoms with E-state index >= 15 is 0 Å². The Hall–Kier alpha value is -3.98. The van der Waals surface area contributed by atoms with E-state index in [0.717, 1.165) is 41.3 Å². The van der Waals surface area contributed by atoms with E-state index in [1.807, 2.05) is 178 Å². The fourth-order valence-corrected chi connectivity index (χ4v) is 9.60. The Kier molecular flexibility index (Phi) is 77.3. The Morgan fingerprint density at radius 3 is 0.938 bits per heavy atom. The normalized spacial score (nSPS) is 9.43.